The minimum atomic E-state index is 0.241. The molecular formula is C17H22. The van der Waals surface area contributed by atoms with Gasteiger partial charge < -0.3 is 0 Å². The maximum Gasteiger partial charge on any atom is -0.0103 e. The van der Waals surface area contributed by atoms with Gasteiger partial charge in [0.1, 0.15) is 0 Å². The first-order valence-electron chi connectivity index (χ1n) is 6.46. The molecule has 0 nitrogen and oxygen atoms in total. The molecule has 0 aromatic heterocycles. The van der Waals surface area contributed by atoms with Gasteiger partial charge in [-0.2, -0.15) is 0 Å². The lowest BCUT2D eigenvalue weighted by atomic mass is 9.74. The molecule has 0 saturated carbocycles. The van der Waals surface area contributed by atoms with E-state index >= 15 is 0 Å². The second-order valence-corrected chi connectivity index (χ2v) is 5.61. The van der Waals surface area contributed by atoms with E-state index in [9.17, 15) is 0 Å². The van der Waals surface area contributed by atoms with Crippen LogP contribution in [0.5, 0.6) is 0 Å². The van der Waals surface area contributed by atoms with Crippen molar-refractivity contribution < 1.29 is 0 Å². The van der Waals surface area contributed by atoms with E-state index in [1.807, 2.05) is 0 Å². The number of aryl methyl sites for hydroxylation is 1. The number of rotatable bonds is 2. The summed E-state index contributed by atoms with van der Waals surface area (Å²) in [7, 11) is 0. The first kappa shape index (κ1) is 12.2. The van der Waals surface area contributed by atoms with Crippen molar-refractivity contribution >= 4 is 12.2 Å². The van der Waals surface area contributed by atoms with Gasteiger partial charge in [0.2, 0.25) is 0 Å². The molecule has 0 N–H and O–H groups in total. The van der Waals surface area contributed by atoms with Crippen LogP contribution >= 0.6 is 0 Å². The molecule has 0 aliphatic heterocycles. The third kappa shape index (κ3) is 2.36. The molecule has 0 bridgehead atoms. The van der Waals surface area contributed by atoms with Crippen molar-refractivity contribution in [1.82, 2.24) is 0 Å². The zero-order valence-electron chi connectivity index (χ0n) is 11.3. The van der Waals surface area contributed by atoms with Gasteiger partial charge in [-0.25, -0.2) is 0 Å². The van der Waals surface area contributed by atoms with Gasteiger partial charge in [0.15, 0.2) is 0 Å². The molecule has 0 fully saturated rings. The lowest BCUT2D eigenvalue weighted by Gasteiger charge is -2.30. The summed E-state index contributed by atoms with van der Waals surface area (Å²) in [5.74, 6) is 0.604. The largest absolute Gasteiger partial charge is 0.0911 e. The smallest absolute Gasteiger partial charge is 0.0103 e. The van der Waals surface area contributed by atoms with Gasteiger partial charge in [-0.3, -0.25) is 0 Å². The quantitative estimate of drug-likeness (QED) is 0.679. The summed E-state index contributed by atoms with van der Waals surface area (Å²) in [4.78, 5) is 0. The maximum atomic E-state index is 2.46. The Hall–Kier alpha value is -1.30. The average molecular weight is 226 g/mol. The van der Waals surface area contributed by atoms with Crippen LogP contribution in [0, 0.1) is 18.3 Å². The second-order valence-electron chi connectivity index (χ2n) is 5.61. The van der Waals surface area contributed by atoms with Crippen molar-refractivity contribution in [3.05, 3.63) is 46.4 Å². The number of hydrogen-bond donors (Lipinski definition) is 0. The summed E-state index contributed by atoms with van der Waals surface area (Å²) in [6.45, 7) is 8.96. The number of fused-ring (bicyclic) bond motifs is 1. The molecule has 0 radical (unpaired) electrons. The van der Waals surface area contributed by atoms with E-state index < -0.39 is 0 Å². The van der Waals surface area contributed by atoms with Crippen LogP contribution in [0.25, 0.3) is 12.2 Å². The van der Waals surface area contributed by atoms with Gasteiger partial charge in [0.25, 0.3) is 0 Å². The summed E-state index contributed by atoms with van der Waals surface area (Å²) in [6, 6.07) is 6.57. The van der Waals surface area contributed by atoms with Gasteiger partial charge in [-0.15, -0.1) is 0 Å². The predicted octanol–water partition coefficient (Wildman–Crippen LogP) is 3.18. The van der Waals surface area contributed by atoms with E-state index in [0.29, 0.717) is 5.92 Å². The van der Waals surface area contributed by atoms with Crippen molar-refractivity contribution in [2.24, 2.45) is 11.3 Å². The fourth-order valence-corrected chi connectivity index (χ4v) is 2.70. The van der Waals surface area contributed by atoms with E-state index in [2.05, 4.69) is 70.2 Å². The molecule has 17 heavy (non-hydrogen) atoms. The number of allylic oxidation sites excluding steroid dienone is 2. The van der Waals surface area contributed by atoms with Crippen LogP contribution in [0.1, 0.15) is 32.8 Å². The van der Waals surface area contributed by atoms with Gasteiger partial charge in [-0.1, -0.05) is 56.4 Å². The highest BCUT2D eigenvalue weighted by molar-refractivity contribution is 5.44. The van der Waals surface area contributed by atoms with Crippen molar-refractivity contribution in [3.63, 3.8) is 0 Å². The normalized spacial score (nSPS) is 19.6. The predicted molar refractivity (Wildman–Crippen MR) is 76.1 cm³/mol. The Morgan fingerprint density at radius 2 is 2.06 bits per heavy atom. The summed E-state index contributed by atoms with van der Waals surface area (Å²) >= 11 is 0. The molecule has 1 aromatic rings. The fraction of sp³-hybridized carbons (Fsp3) is 0.412. The highest BCUT2D eigenvalue weighted by atomic mass is 14.3. The van der Waals surface area contributed by atoms with Crippen LogP contribution in [0.15, 0.2) is 30.4 Å². The first-order valence-corrected chi connectivity index (χ1v) is 6.46. The molecule has 1 unspecified atom stereocenters. The van der Waals surface area contributed by atoms with Crippen molar-refractivity contribution in [1.29, 1.82) is 0 Å². The van der Waals surface area contributed by atoms with Crippen LogP contribution in [0.4, 0.5) is 0 Å². The number of hydrogen-bond acceptors (Lipinski definition) is 0. The number of benzene rings is 1. The molecule has 0 spiro atoms. The zero-order valence-corrected chi connectivity index (χ0v) is 11.3. The van der Waals surface area contributed by atoms with Gasteiger partial charge >= 0.3 is 0 Å². The Morgan fingerprint density at radius 3 is 2.76 bits per heavy atom. The Labute approximate surface area is 104 Å². The summed E-state index contributed by atoms with van der Waals surface area (Å²) in [6.07, 6.45) is 10.5. The minimum absolute atomic E-state index is 0.241. The first-order chi connectivity index (χ1) is 8.04. The standard InChI is InChI=1S/C17H22/c1-5-11-17(3,4)15-10-9-14-8-6-7-13(2)16(14)12-15/h5-9,11-12,15H,10H2,1-4H3. The lowest BCUT2D eigenvalue weighted by molar-refractivity contribution is 0.366. The molecule has 1 atom stereocenters. The summed E-state index contributed by atoms with van der Waals surface area (Å²) < 4.78 is 0. The maximum absolute atomic E-state index is 2.46. The van der Waals surface area contributed by atoms with Crippen LogP contribution in [0.3, 0.4) is 0 Å². The van der Waals surface area contributed by atoms with E-state index in [-0.39, 0.29) is 5.41 Å². The van der Waals surface area contributed by atoms with E-state index in [1.54, 1.807) is 0 Å². The van der Waals surface area contributed by atoms with Gasteiger partial charge in [0, 0.05) is 0 Å². The molecule has 1 aromatic carbocycles. The highest BCUT2D eigenvalue weighted by Gasteiger charge is 2.25. The molecule has 0 heteroatoms. The Bertz CT molecular complexity index is 544. The minimum Gasteiger partial charge on any atom is -0.0911 e. The Kier molecular flexibility index (Phi) is 3.24. The summed E-state index contributed by atoms with van der Waals surface area (Å²) in [5.41, 5.74) is 1.63. The highest BCUT2D eigenvalue weighted by Crippen LogP contribution is 2.33. The molecule has 0 amide bonds. The van der Waals surface area contributed by atoms with Crippen molar-refractivity contribution in [2.45, 2.75) is 34.1 Å². The van der Waals surface area contributed by atoms with E-state index in [4.69, 9.17) is 0 Å². The zero-order chi connectivity index (χ0) is 12.5. The molecular weight excluding hydrogens is 204 g/mol. The third-order valence-electron chi connectivity index (χ3n) is 3.87. The summed E-state index contributed by atoms with van der Waals surface area (Å²) in [5, 5.41) is 2.83. The topological polar surface area (TPSA) is 0 Å². The van der Waals surface area contributed by atoms with Crippen molar-refractivity contribution in [2.75, 3.05) is 0 Å². The van der Waals surface area contributed by atoms with Crippen LogP contribution in [-0.2, 0) is 0 Å². The Balaban J connectivity index is 2.50. The third-order valence-corrected chi connectivity index (χ3v) is 3.87. The SMILES string of the molecule is CC=CC(C)(C)C1C=c2c(C)cccc2=CC1. The fourth-order valence-electron chi connectivity index (χ4n) is 2.70. The van der Waals surface area contributed by atoms with E-state index in [0.717, 1.165) is 6.42 Å². The average Bonchev–Trinajstić information content (AvgIpc) is 2.29. The van der Waals surface area contributed by atoms with Crippen LogP contribution in [-0.4, -0.2) is 0 Å². The molecule has 0 saturated heterocycles. The molecule has 0 heterocycles. The van der Waals surface area contributed by atoms with Crippen molar-refractivity contribution in [3.8, 4) is 0 Å². The van der Waals surface area contributed by atoms with Gasteiger partial charge in [0.05, 0.1) is 0 Å². The van der Waals surface area contributed by atoms with E-state index in [1.165, 1.54) is 16.0 Å². The molecule has 90 valence electrons. The lowest BCUT2D eigenvalue weighted by Crippen LogP contribution is -2.34. The van der Waals surface area contributed by atoms with Crippen LogP contribution in [0.2, 0.25) is 0 Å². The van der Waals surface area contributed by atoms with Gasteiger partial charge in [-0.05, 0) is 47.6 Å². The molecule has 1 aliphatic rings. The Morgan fingerprint density at radius 1 is 1.29 bits per heavy atom. The monoisotopic (exact) mass is 226 g/mol. The molecule has 1 aliphatic carbocycles. The second kappa shape index (κ2) is 4.52. The molecule has 2 rings (SSSR count). The van der Waals surface area contributed by atoms with Crippen LogP contribution < -0.4 is 10.4 Å².